The summed E-state index contributed by atoms with van der Waals surface area (Å²) in [6.45, 7) is 2.67. The van der Waals surface area contributed by atoms with Crippen LogP contribution in [0.1, 0.15) is 12.5 Å². The predicted octanol–water partition coefficient (Wildman–Crippen LogP) is 1.02. The molecule has 102 valence electrons. The second-order valence-electron chi connectivity index (χ2n) is 4.52. The van der Waals surface area contributed by atoms with Gasteiger partial charge in [-0.1, -0.05) is 22.0 Å². The Balaban J connectivity index is 2.41. The molecule has 1 aromatic carbocycles. The third-order valence-corrected chi connectivity index (χ3v) is 3.64. The molecule has 0 saturated carbocycles. The van der Waals surface area contributed by atoms with E-state index in [2.05, 4.69) is 26.6 Å². The lowest BCUT2D eigenvalue weighted by Gasteiger charge is -2.35. The highest BCUT2D eigenvalue weighted by Crippen LogP contribution is 2.27. The summed E-state index contributed by atoms with van der Waals surface area (Å²) in [5, 5.41) is 5.44. The van der Waals surface area contributed by atoms with E-state index in [-0.39, 0.29) is 24.4 Å². The van der Waals surface area contributed by atoms with E-state index in [1.54, 1.807) is 6.92 Å². The molecule has 0 spiro atoms. The number of hydrogen-bond donors (Lipinski definition) is 2. The van der Waals surface area contributed by atoms with Crippen LogP contribution in [0.4, 0.5) is 5.69 Å². The van der Waals surface area contributed by atoms with E-state index in [1.165, 1.54) is 0 Å². The SMILES string of the molecule is CNCc1ccc(Br)cc1N1CC(=O)NC(=O)C1C. The molecular weight excluding hydrogens is 310 g/mol. The molecule has 1 aliphatic heterocycles. The Morgan fingerprint density at radius 3 is 2.89 bits per heavy atom. The van der Waals surface area contributed by atoms with Crippen molar-refractivity contribution < 1.29 is 9.59 Å². The van der Waals surface area contributed by atoms with E-state index < -0.39 is 0 Å². The van der Waals surface area contributed by atoms with Gasteiger partial charge in [-0.2, -0.15) is 0 Å². The average Bonchev–Trinajstić information content (AvgIpc) is 2.36. The van der Waals surface area contributed by atoms with E-state index in [9.17, 15) is 9.59 Å². The van der Waals surface area contributed by atoms with Crippen molar-refractivity contribution >= 4 is 33.4 Å². The van der Waals surface area contributed by atoms with Gasteiger partial charge in [0.2, 0.25) is 11.8 Å². The molecule has 0 aromatic heterocycles. The summed E-state index contributed by atoms with van der Waals surface area (Å²) in [6, 6.07) is 5.52. The monoisotopic (exact) mass is 325 g/mol. The van der Waals surface area contributed by atoms with Crippen LogP contribution in [0.5, 0.6) is 0 Å². The Labute approximate surface area is 120 Å². The normalized spacial score (nSPS) is 19.5. The van der Waals surface area contributed by atoms with Crippen molar-refractivity contribution in [2.75, 3.05) is 18.5 Å². The topological polar surface area (TPSA) is 61.4 Å². The Hall–Kier alpha value is -1.40. The van der Waals surface area contributed by atoms with Crippen molar-refractivity contribution in [2.24, 2.45) is 0 Å². The minimum Gasteiger partial charge on any atom is -0.350 e. The van der Waals surface area contributed by atoms with Gasteiger partial charge in [-0.15, -0.1) is 0 Å². The van der Waals surface area contributed by atoms with Gasteiger partial charge in [0.1, 0.15) is 6.04 Å². The quantitative estimate of drug-likeness (QED) is 0.814. The maximum atomic E-state index is 11.7. The number of hydrogen-bond acceptors (Lipinski definition) is 4. The molecule has 2 N–H and O–H groups in total. The Morgan fingerprint density at radius 1 is 1.47 bits per heavy atom. The van der Waals surface area contributed by atoms with Crippen molar-refractivity contribution in [2.45, 2.75) is 19.5 Å². The van der Waals surface area contributed by atoms with Gasteiger partial charge in [0, 0.05) is 16.7 Å². The molecule has 19 heavy (non-hydrogen) atoms. The number of carbonyl (C=O) groups is 2. The minimum atomic E-state index is -0.359. The number of piperazine rings is 1. The summed E-state index contributed by atoms with van der Waals surface area (Å²) in [5.41, 5.74) is 1.96. The fraction of sp³-hybridized carbons (Fsp3) is 0.385. The Kier molecular flexibility index (Phi) is 4.21. The highest BCUT2D eigenvalue weighted by molar-refractivity contribution is 9.10. The zero-order valence-corrected chi connectivity index (χ0v) is 12.5. The van der Waals surface area contributed by atoms with Gasteiger partial charge in [0.05, 0.1) is 6.54 Å². The largest absolute Gasteiger partial charge is 0.350 e. The lowest BCUT2D eigenvalue weighted by atomic mass is 10.1. The van der Waals surface area contributed by atoms with Gasteiger partial charge in [-0.3, -0.25) is 14.9 Å². The molecule has 5 nitrogen and oxygen atoms in total. The predicted molar refractivity (Wildman–Crippen MR) is 76.9 cm³/mol. The standard InChI is InChI=1S/C13H16BrN3O2/c1-8-13(19)16-12(18)7-17(8)11-5-10(14)4-3-9(11)6-15-2/h3-5,8,15H,6-7H2,1-2H3,(H,16,18,19). The summed E-state index contributed by atoms with van der Waals surface area (Å²) in [7, 11) is 1.86. The first kappa shape index (κ1) is 14.0. The number of anilines is 1. The highest BCUT2D eigenvalue weighted by Gasteiger charge is 2.31. The average molecular weight is 326 g/mol. The second-order valence-corrected chi connectivity index (χ2v) is 5.44. The van der Waals surface area contributed by atoms with Crippen LogP contribution in [0.15, 0.2) is 22.7 Å². The van der Waals surface area contributed by atoms with Crippen LogP contribution < -0.4 is 15.5 Å². The van der Waals surface area contributed by atoms with Crippen LogP contribution in [0.2, 0.25) is 0 Å². The van der Waals surface area contributed by atoms with Gasteiger partial charge >= 0.3 is 0 Å². The number of rotatable bonds is 3. The number of nitrogens with zero attached hydrogens (tertiary/aromatic N) is 1. The summed E-state index contributed by atoms with van der Waals surface area (Å²) in [5.74, 6) is -0.523. The maximum absolute atomic E-state index is 11.7. The Bertz CT molecular complexity index is 519. The summed E-state index contributed by atoms with van der Waals surface area (Å²) in [6.07, 6.45) is 0. The van der Waals surface area contributed by atoms with Crippen LogP contribution in [-0.2, 0) is 16.1 Å². The van der Waals surface area contributed by atoms with Crippen LogP contribution in [0, 0.1) is 0 Å². The van der Waals surface area contributed by atoms with Crippen molar-refractivity contribution in [3.8, 4) is 0 Å². The molecule has 1 aliphatic rings. The molecule has 1 unspecified atom stereocenters. The van der Waals surface area contributed by atoms with E-state index in [1.807, 2.05) is 30.1 Å². The molecule has 1 atom stereocenters. The highest BCUT2D eigenvalue weighted by atomic mass is 79.9. The number of benzene rings is 1. The number of nitrogens with one attached hydrogen (secondary N) is 2. The molecule has 2 rings (SSSR count). The smallest absolute Gasteiger partial charge is 0.249 e. The number of carbonyl (C=O) groups excluding carboxylic acids is 2. The molecule has 2 amide bonds. The first-order chi connectivity index (χ1) is 9.02. The first-order valence-electron chi connectivity index (χ1n) is 6.06. The number of amides is 2. The lowest BCUT2D eigenvalue weighted by molar-refractivity contribution is -0.132. The van der Waals surface area contributed by atoms with Gasteiger partial charge < -0.3 is 10.2 Å². The van der Waals surface area contributed by atoms with Crippen LogP contribution in [0.25, 0.3) is 0 Å². The molecular formula is C13H16BrN3O2. The summed E-state index contributed by atoms with van der Waals surface area (Å²) < 4.78 is 0.924. The number of imide groups is 1. The van der Waals surface area contributed by atoms with E-state index in [4.69, 9.17) is 0 Å². The van der Waals surface area contributed by atoms with Crippen LogP contribution >= 0.6 is 15.9 Å². The molecule has 6 heteroatoms. The Morgan fingerprint density at radius 2 is 2.21 bits per heavy atom. The van der Waals surface area contributed by atoms with Crippen LogP contribution in [-0.4, -0.2) is 31.4 Å². The maximum Gasteiger partial charge on any atom is 0.249 e. The van der Waals surface area contributed by atoms with E-state index in [0.717, 1.165) is 15.7 Å². The van der Waals surface area contributed by atoms with Crippen molar-refractivity contribution in [1.29, 1.82) is 0 Å². The zero-order valence-electron chi connectivity index (χ0n) is 10.9. The molecule has 1 aromatic rings. The van der Waals surface area contributed by atoms with Gasteiger partial charge in [0.25, 0.3) is 0 Å². The lowest BCUT2D eigenvalue weighted by Crippen LogP contribution is -2.57. The first-order valence-corrected chi connectivity index (χ1v) is 6.85. The van der Waals surface area contributed by atoms with Gasteiger partial charge in [-0.25, -0.2) is 0 Å². The fourth-order valence-corrected chi connectivity index (χ4v) is 2.50. The van der Waals surface area contributed by atoms with E-state index >= 15 is 0 Å². The van der Waals surface area contributed by atoms with E-state index in [0.29, 0.717) is 6.54 Å². The fourth-order valence-electron chi connectivity index (χ4n) is 2.15. The van der Waals surface area contributed by atoms with Crippen molar-refractivity contribution in [1.82, 2.24) is 10.6 Å². The number of halogens is 1. The minimum absolute atomic E-state index is 0.195. The van der Waals surface area contributed by atoms with Crippen molar-refractivity contribution in [3.63, 3.8) is 0 Å². The third-order valence-electron chi connectivity index (χ3n) is 3.15. The molecule has 0 radical (unpaired) electrons. The van der Waals surface area contributed by atoms with Crippen LogP contribution in [0.3, 0.4) is 0 Å². The third kappa shape index (κ3) is 2.96. The summed E-state index contributed by atoms with van der Waals surface area (Å²) in [4.78, 5) is 25.1. The molecule has 1 saturated heterocycles. The molecule has 1 heterocycles. The molecule has 0 bridgehead atoms. The van der Waals surface area contributed by atoms with Gasteiger partial charge in [0.15, 0.2) is 0 Å². The summed E-state index contributed by atoms with van der Waals surface area (Å²) >= 11 is 3.43. The molecule has 0 aliphatic carbocycles. The molecule has 1 fully saturated rings. The zero-order chi connectivity index (χ0) is 14.0. The van der Waals surface area contributed by atoms with Gasteiger partial charge in [-0.05, 0) is 31.7 Å². The second kappa shape index (κ2) is 5.71. The van der Waals surface area contributed by atoms with Crippen molar-refractivity contribution in [3.05, 3.63) is 28.2 Å².